The molecule has 0 aromatic heterocycles. The molecule has 0 bridgehead atoms. The van der Waals surface area contributed by atoms with Crippen molar-refractivity contribution in [2.45, 2.75) is 0 Å². The molecular weight excluding hydrogens is 184 g/mol. The first kappa shape index (κ1) is 10.3. The van der Waals surface area contributed by atoms with Crippen LogP contribution in [-0.2, 0) is 0 Å². The van der Waals surface area contributed by atoms with Crippen LogP contribution in [0.5, 0.6) is 0 Å². The molecule has 0 fully saturated rings. The maximum Gasteiger partial charge on any atom is 0.518 e. The third-order valence-electron chi connectivity index (χ3n) is 2.09. The summed E-state index contributed by atoms with van der Waals surface area (Å²) >= 11 is 0. The molecule has 1 aliphatic heterocycles. The summed E-state index contributed by atoms with van der Waals surface area (Å²) in [7, 11) is 0. The number of quaternary nitrogens is 1. The molecule has 1 rings (SSSR count). The monoisotopic (exact) mass is 195 g/mol. The lowest BCUT2D eigenvalue weighted by Gasteiger charge is -2.28. The van der Waals surface area contributed by atoms with Crippen LogP contribution in [0.15, 0.2) is 29.5 Å². The van der Waals surface area contributed by atoms with Crippen molar-refractivity contribution in [3.05, 3.63) is 34.9 Å². The van der Waals surface area contributed by atoms with Crippen LogP contribution in [0.25, 0.3) is 10.4 Å². The molecule has 1 aliphatic rings. The largest absolute Gasteiger partial charge is 0.518 e. The summed E-state index contributed by atoms with van der Waals surface area (Å²) in [6, 6.07) is 0. The second kappa shape index (κ2) is 4.45. The number of azide groups is 1. The van der Waals surface area contributed by atoms with Gasteiger partial charge in [-0.3, -0.25) is 0 Å². The van der Waals surface area contributed by atoms with Crippen molar-refractivity contribution < 1.29 is 14.4 Å². The third kappa shape index (κ3) is 2.12. The molecule has 0 aliphatic carbocycles. The van der Waals surface area contributed by atoms with Crippen LogP contribution in [0, 0.1) is 0 Å². The molecule has 0 radical (unpaired) electrons. The summed E-state index contributed by atoms with van der Waals surface area (Å²) in [4.78, 5) is 13.6. The summed E-state index contributed by atoms with van der Waals surface area (Å²) in [5, 5.41) is 12.4. The Morgan fingerprint density at radius 1 is 1.64 bits per heavy atom. The number of hydrogen-bond donors (Lipinski definition) is 1. The predicted octanol–water partition coefficient (Wildman–Crippen LogP) is 1.88. The average molecular weight is 195 g/mol. The van der Waals surface area contributed by atoms with Crippen molar-refractivity contribution in [3.63, 3.8) is 0 Å². The summed E-state index contributed by atoms with van der Waals surface area (Å²) < 4.78 is -0.199. The second-order valence-electron chi connectivity index (χ2n) is 2.95. The molecule has 1 atom stereocenters. The Morgan fingerprint density at radius 3 is 2.93 bits per heavy atom. The van der Waals surface area contributed by atoms with E-state index in [0.717, 1.165) is 0 Å². The minimum Gasteiger partial charge on any atom is -0.435 e. The Bertz CT molecular complexity index is 330. The lowest BCUT2D eigenvalue weighted by atomic mass is 10.3. The van der Waals surface area contributed by atoms with Gasteiger partial charge in [0.2, 0.25) is 0 Å². The Hall–Kier alpha value is -1.78. The summed E-state index contributed by atoms with van der Waals surface area (Å²) in [5.41, 5.74) is 8.09. The lowest BCUT2D eigenvalue weighted by molar-refractivity contribution is -0.798. The van der Waals surface area contributed by atoms with Gasteiger partial charge in [0, 0.05) is 4.91 Å². The van der Waals surface area contributed by atoms with Crippen LogP contribution in [0.2, 0.25) is 0 Å². The van der Waals surface area contributed by atoms with E-state index in [0.29, 0.717) is 6.54 Å². The second-order valence-corrected chi connectivity index (χ2v) is 2.95. The van der Waals surface area contributed by atoms with Crippen molar-refractivity contribution >= 4 is 6.09 Å². The van der Waals surface area contributed by atoms with Crippen LogP contribution in [0.1, 0.15) is 0 Å². The lowest BCUT2D eigenvalue weighted by Crippen LogP contribution is -2.49. The van der Waals surface area contributed by atoms with E-state index in [1.807, 2.05) is 0 Å². The van der Waals surface area contributed by atoms with E-state index in [1.165, 1.54) is 0 Å². The van der Waals surface area contributed by atoms with Crippen molar-refractivity contribution in [2.75, 3.05) is 19.6 Å². The highest BCUT2D eigenvalue weighted by atomic mass is 16.4. The van der Waals surface area contributed by atoms with Gasteiger partial charge in [-0.25, -0.2) is 0 Å². The average Bonchev–Trinajstić information content (AvgIpc) is 2.19. The van der Waals surface area contributed by atoms with Gasteiger partial charge < -0.3 is 5.11 Å². The number of nitrogens with zero attached hydrogens (tertiary/aromatic N) is 4. The molecule has 0 aromatic carbocycles. The van der Waals surface area contributed by atoms with Gasteiger partial charge in [-0.05, 0) is 17.7 Å². The van der Waals surface area contributed by atoms with E-state index in [9.17, 15) is 4.79 Å². The maximum absolute atomic E-state index is 11.0. The fraction of sp³-hybridized carbons (Fsp3) is 0.375. The van der Waals surface area contributed by atoms with Gasteiger partial charge in [0.15, 0.2) is 0 Å². The molecular formula is C8H11N4O2+. The third-order valence-corrected chi connectivity index (χ3v) is 2.09. The van der Waals surface area contributed by atoms with Gasteiger partial charge in [-0.2, -0.15) is 9.28 Å². The highest BCUT2D eigenvalue weighted by Crippen LogP contribution is 2.13. The van der Waals surface area contributed by atoms with Gasteiger partial charge in [0.05, 0.1) is 13.1 Å². The Kier molecular flexibility index (Phi) is 3.28. The molecule has 1 unspecified atom stereocenters. The fourth-order valence-electron chi connectivity index (χ4n) is 1.27. The van der Waals surface area contributed by atoms with Crippen LogP contribution >= 0.6 is 0 Å². The number of amides is 1. The predicted molar refractivity (Wildman–Crippen MR) is 50.3 cm³/mol. The molecule has 6 nitrogen and oxygen atoms in total. The molecule has 1 amide bonds. The molecule has 0 saturated carbocycles. The zero-order valence-corrected chi connectivity index (χ0v) is 7.58. The molecule has 74 valence electrons. The number of carbonyl (C=O) groups is 1. The first-order chi connectivity index (χ1) is 6.71. The summed E-state index contributed by atoms with van der Waals surface area (Å²) in [6.45, 7) is 0.855. The van der Waals surface area contributed by atoms with E-state index in [4.69, 9.17) is 10.6 Å². The number of carboxylic acid groups (broad SMARTS) is 1. The zero-order valence-electron chi connectivity index (χ0n) is 7.58. The van der Waals surface area contributed by atoms with E-state index in [-0.39, 0.29) is 17.6 Å². The van der Waals surface area contributed by atoms with Crippen LogP contribution < -0.4 is 0 Å². The van der Waals surface area contributed by atoms with E-state index >= 15 is 0 Å². The van der Waals surface area contributed by atoms with Crippen molar-refractivity contribution in [1.82, 2.24) is 0 Å². The molecule has 1 N–H and O–H groups in total. The smallest absolute Gasteiger partial charge is 0.435 e. The summed E-state index contributed by atoms with van der Waals surface area (Å²) in [5.74, 6) is 0. The van der Waals surface area contributed by atoms with E-state index < -0.39 is 6.09 Å². The van der Waals surface area contributed by atoms with Crippen molar-refractivity contribution in [2.24, 2.45) is 5.11 Å². The first-order valence-corrected chi connectivity index (χ1v) is 4.17. The molecule has 6 heteroatoms. The molecule has 14 heavy (non-hydrogen) atoms. The van der Waals surface area contributed by atoms with Crippen LogP contribution in [0.4, 0.5) is 4.79 Å². The Morgan fingerprint density at radius 2 is 2.43 bits per heavy atom. The van der Waals surface area contributed by atoms with Gasteiger partial charge in [0.25, 0.3) is 0 Å². The van der Waals surface area contributed by atoms with Gasteiger partial charge in [-0.15, -0.1) is 0 Å². The van der Waals surface area contributed by atoms with Gasteiger partial charge in [-0.1, -0.05) is 11.2 Å². The maximum atomic E-state index is 11.0. The number of allylic oxidation sites excluding steroid dienone is 2. The standard InChI is InChI=1S/C8H10N4O2/c9-11-10-4-7-12(8(13)14)5-2-1-3-6-12/h1-3,5H,4,6-7H2/p+1. The molecule has 0 spiro atoms. The highest BCUT2D eigenvalue weighted by Gasteiger charge is 2.33. The highest BCUT2D eigenvalue weighted by molar-refractivity contribution is 5.58. The normalized spacial score (nSPS) is 24.3. The van der Waals surface area contributed by atoms with Crippen molar-refractivity contribution in [3.8, 4) is 0 Å². The SMILES string of the molecule is [N-]=[N+]=NCC[N+]1(C(=O)O)C=CC=CC1. The van der Waals surface area contributed by atoms with Crippen molar-refractivity contribution in [1.29, 1.82) is 0 Å². The molecule has 0 saturated heterocycles. The van der Waals surface area contributed by atoms with E-state index in [1.54, 1.807) is 24.4 Å². The van der Waals surface area contributed by atoms with E-state index in [2.05, 4.69) is 10.0 Å². The van der Waals surface area contributed by atoms with Gasteiger partial charge >= 0.3 is 6.09 Å². The number of hydrogen-bond acceptors (Lipinski definition) is 2. The Balaban J connectivity index is 2.72. The minimum absolute atomic E-state index is 0.182. The van der Waals surface area contributed by atoms with Crippen LogP contribution in [-0.4, -0.2) is 35.3 Å². The molecule has 0 aromatic rings. The first-order valence-electron chi connectivity index (χ1n) is 4.17. The fourth-order valence-corrected chi connectivity index (χ4v) is 1.27. The van der Waals surface area contributed by atoms with Crippen LogP contribution in [0.3, 0.4) is 0 Å². The molecule has 1 heterocycles. The minimum atomic E-state index is -0.932. The van der Waals surface area contributed by atoms with Gasteiger partial charge in [0.1, 0.15) is 12.7 Å². The number of rotatable bonds is 3. The zero-order chi connectivity index (χ0) is 10.4. The quantitative estimate of drug-likeness (QED) is 0.322. The Labute approximate surface area is 81.0 Å². The topological polar surface area (TPSA) is 86.1 Å². The summed E-state index contributed by atoms with van der Waals surface area (Å²) in [6.07, 6.45) is 5.93.